The topological polar surface area (TPSA) is 43.4 Å². The number of aromatic nitrogens is 1. The number of fused-ring (bicyclic) bond motifs is 1. The van der Waals surface area contributed by atoms with Gasteiger partial charge in [-0.15, -0.1) is 0 Å². The van der Waals surface area contributed by atoms with E-state index < -0.39 is 0 Å². The van der Waals surface area contributed by atoms with Crippen LogP contribution in [0.1, 0.15) is 6.42 Å². The molecule has 94 valence electrons. The zero-order valence-electron chi connectivity index (χ0n) is 10.1. The van der Waals surface area contributed by atoms with Gasteiger partial charge in [-0.05, 0) is 23.8 Å². The Bertz CT molecular complexity index is 554. The first-order valence-electron chi connectivity index (χ1n) is 5.90. The van der Waals surface area contributed by atoms with Gasteiger partial charge in [0, 0.05) is 19.7 Å². The Hall–Kier alpha value is -1.75. The summed E-state index contributed by atoms with van der Waals surface area (Å²) >= 11 is 1.62. The molecule has 3 rings (SSSR count). The largest absolute Gasteiger partial charge is 0.490 e. The highest BCUT2D eigenvalue weighted by Gasteiger charge is 2.12. The van der Waals surface area contributed by atoms with Crippen LogP contribution in [0.4, 0.5) is 5.13 Å². The third kappa shape index (κ3) is 2.13. The van der Waals surface area contributed by atoms with Crippen LogP contribution in [0.15, 0.2) is 24.4 Å². The van der Waals surface area contributed by atoms with Gasteiger partial charge in [-0.25, -0.2) is 4.98 Å². The zero-order valence-corrected chi connectivity index (χ0v) is 10.9. The highest BCUT2D eigenvalue weighted by atomic mass is 32.1. The smallest absolute Gasteiger partial charge is 0.182 e. The molecule has 0 radical (unpaired) electrons. The van der Waals surface area contributed by atoms with Crippen molar-refractivity contribution >= 4 is 16.5 Å². The number of hydrogen-bond acceptors (Lipinski definition) is 5. The number of nitrogens with one attached hydrogen (secondary N) is 1. The van der Waals surface area contributed by atoms with Crippen molar-refractivity contribution < 1.29 is 9.47 Å². The minimum absolute atomic E-state index is 0.709. The second-order valence-corrected chi connectivity index (χ2v) is 5.02. The molecule has 5 heteroatoms. The maximum Gasteiger partial charge on any atom is 0.182 e. The average molecular weight is 262 g/mol. The molecule has 1 aliphatic heterocycles. The second-order valence-electron chi connectivity index (χ2n) is 3.99. The Labute approximate surface area is 110 Å². The Morgan fingerprint density at radius 3 is 2.83 bits per heavy atom. The quantitative estimate of drug-likeness (QED) is 0.903. The second kappa shape index (κ2) is 4.86. The summed E-state index contributed by atoms with van der Waals surface area (Å²) in [7, 11) is 1.87. The summed E-state index contributed by atoms with van der Waals surface area (Å²) in [4.78, 5) is 5.40. The molecule has 0 spiro atoms. The van der Waals surface area contributed by atoms with Crippen LogP contribution in [0.3, 0.4) is 0 Å². The molecule has 1 aliphatic rings. The molecule has 0 saturated heterocycles. The van der Waals surface area contributed by atoms with E-state index in [1.54, 1.807) is 11.3 Å². The third-order valence-corrected chi connectivity index (χ3v) is 3.82. The summed E-state index contributed by atoms with van der Waals surface area (Å²) in [5.74, 6) is 1.65. The number of ether oxygens (including phenoxy) is 2. The summed E-state index contributed by atoms with van der Waals surface area (Å²) in [6.45, 7) is 1.43. The molecule has 0 fully saturated rings. The Morgan fingerprint density at radius 1 is 1.22 bits per heavy atom. The van der Waals surface area contributed by atoms with Crippen molar-refractivity contribution in [2.45, 2.75) is 6.42 Å². The van der Waals surface area contributed by atoms with Crippen LogP contribution in [-0.4, -0.2) is 25.2 Å². The molecule has 1 aromatic carbocycles. The molecule has 0 unspecified atom stereocenters. The number of anilines is 1. The summed E-state index contributed by atoms with van der Waals surface area (Å²) < 4.78 is 11.3. The van der Waals surface area contributed by atoms with E-state index in [-0.39, 0.29) is 0 Å². The van der Waals surface area contributed by atoms with E-state index in [0.717, 1.165) is 40.1 Å². The number of rotatable bonds is 2. The van der Waals surface area contributed by atoms with Crippen molar-refractivity contribution in [3.63, 3.8) is 0 Å². The Balaban J connectivity index is 1.95. The Kier molecular flexibility index (Phi) is 3.06. The van der Waals surface area contributed by atoms with Crippen LogP contribution in [0, 0.1) is 0 Å². The molecule has 0 atom stereocenters. The lowest BCUT2D eigenvalue weighted by Crippen LogP contribution is -1.97. The van der Waals surface area contributed by atoms with E-state index in [4.69, 9.17) is 9.47 Å². The molecule has 0 saturated carbocycles. The third-order valence-electron chi connectivity index (χ3n) is 2.75. The molecule has 18 heavy (non-hydrogen) atoms. The predicted molar refractivity (Wildman–Crippen MR) is 72.7 cm³/mol. The average Bonchev–Trinajstić information content (AvgIpc) is 2.76. The zero-order chi connectivity index (χ0) is 12.4. The fraction of sp³-hybridized carbons (Fsp3) is 0.308. The lowest BCUT2D eigenvalue weighted by molar-refractivity contribution is 0.297. The molecule has 4 nitrogen and oxygen atoms in total. The van der Waals surface area contributed by atoms with E-state index in [1.807, 2.05) is 31.4 Å². The van der Waals surface area contributed by atoms with Crippen LogP contribution in [0.25, 0.3) is 10.4 Å². The van der Waals surface area contributed by atoms with Crippen LogP contribution >= 0.6 is 11.3 Å². The fourth-order valence-electron chi connectivity index (χ4n) is 1.84. The maximum atomic E-state index is 5.69. The van der Waals surface area contributed by atoms with Gasteiger partial charge in [0.2, 0.25) is 0 Å². The first-order valence-corrected chi connectivity index (χ1v) is 6.72. The monoisotopic (exact) mass is 262 g/mol. The van der Waals surface area contributed by atoms with Crippen molar-refractivity contribution in [1.29, 1.82) is 0 Å². The van der Waals surface area contributed by atoms with Gasteiger partial charge >= 0.3 is 0 Å². The lowest BCUT2D eigenvalue weighted by atomic mass is 10.2. The molecule has 1 aromatic heterocycles. The SMILES string of the molecule is CNc1ncc(-c2ccc3c(c2)OCCCO3)s1. The minimum Gasteiger partial charge on any atom is -0.490 e. The first-order chi connectivity index (χ1) is 8.86. The number of nitrogens with zero attached hydrogens (tertiary/aromatic N) is 1. The fourth-order valence-corrected chi connectivity index (χ4v) is 2.61. The minimum atomic E-state index is 0.709. The molecule has 2 heterocycles. The Morgan fingerprint density at radius 2 is 2.06 bits per heavy atom. The van der Waals surface area contributed by atoms with Crippen LogP contribution in [-0.2, 0) is 0 Å². The number of thiazole rings is 1. The van der Waals surface area contributed by atoms with Crippen molar-refractivity contribution in [2.24, 2.45) is 0 Å². The normalized spacial score (nSPS) is 14.1. The van der Waals surface area contributed by atoms with E-state index in [9.17, 15) is 0 Å². The van der Waals surface area contributed by atoms with Gasteiger partial charge in [0.25, 0.3) is 0 Å². The van der Waals surface area contributed by atoms with Gasteiger partial charge in [0.1, 0.15) is 0 Å². The van der Waals surface area contributed by atoms with Crippen molar-refractivity contribution in [1.82, 2.24) is 4.98 Å². The highest BCUT2D eigenvalue weighted by molar-refractivity contribution is 7.18. The maximum absolute atomic E-state index is 5.69. The van der Waals surface area contributed by atoms with Gasteiger partial charge in [-0.1, -0.05) is 11.3 Å². The van der Waals surface area contributed by atoms with Gasteiger partial charge in [0.05, 0.1) is 18.1 Å². The summed E-state index contributed by atoms with van der Waals surface area (Å²) in [6, 6.07) is 6.03. The molecule has 0 aliphatic carbocycles. The lowest BCUT2D eigenvalue weighted by Gasteiger charge is -2.08. The first kappa shape index (κ1) is 11.3. The van der Waals surface area contributed by atoms with Gasteiger partial charge in [0.15, 0.2) is 16.6 Å². The molecular formula is C13H14N2O2S. The summed E-state index contributed by atoms with van der Waals surface area (Å²) in [5, 5.41) is 3.95. The van der Waals surface area contributed by atoms with E-state index in [1.165, 1.54) is 0 Å². The molecular weight excluding hydrogens is 248 g/mol. The van der Waals surface area contributed by atoms with Gasteiger partial charge in [-0.3, -0.25) is 0 Å². The molecule has 2 aromatic rings. The number of benzene rings is 1. The van der Waals surface area contributed by atoms with Crippen LogP contribution in [0.2, 0.25) is 0 Å². The van der Waals surface area contributed by atoms with Crippen LogP contribution in [0.5, 0.6) is 11.5 Å². The molecule has 0 bridgehead atoms. The van der Waals surface area contributed by atoms with Gasteiger partial charge in [-0.2, -0.15) is 0 Å². The van der Waals surface area contributed by atoms with E-state index >= 15 is 0 Å². The van der Waals surface area contributed by atoms with Crippen molar-refractivity contribution in [3.8, 4) is 21.9 Å². The molecule has 0 amide bonds. The van der Waals surface area contributed by atoms with E-state index in [0.29, 0.717) is 6.61 Å². The molecule has 1 N–H and O–H groups in total. The van der Waals surface area contributed by atoms with Crippen molar-refractivity contribution in [2.75, 3.05) is 25.6 Å². The number of hydrogen-bond donors (Lipinski definition) is 1. The van der Waals surface area contributed by atoms with E-state index in [2.05, 4.69) is 10.3 Å². The summed E-state index contributed by atoms with van der Waals surface area (Å²) in [6.07, 6.45) is 2.80. The standard InChI is InChI=1S/C13H14N2O2S/c1-14-13-15-8-12(18-13)9-3-4-10-11(7-9)17-6-2-5-16-10/h3-4,7-8H,2,5-6H2,1H3,(H,14,15). The highest BCUT2D eigenvalue weighted by Crippen LogP contribution is 2.36. The van der Waals surface area contributed by atoms with Gasteiger partial charge < -0.3 is 14.8 Å². The predicted octanol–water partition coefficient (Wildman–Crippen LogP) is 3.01. The van der Waals surface area contributed by atoms with Crippen molar-refractivity contribution in [3.05, 3.63) is 24.4 Å². The van der Waals surface area contributed by atoms with Crippen LogP contribution < -0.4 is 14.8 Å². The summed E-state index contributed by atoms with van der Waals surface area (Å²) in [5.41, 5.74) is 1.11.